The summed E-state index contributed by atoms with van der Waals surface area (Å²) in [5, 5.41) is 3.46. The van der Waals surface area contributed by atoms with Crippen molar-refractivity contribution in [1.29, 1.82) is 0 Å². The van der Waals surface area contributed by atoms with Gasteiger partial charge < -0.3 is 5.32 Å². The lowest BCUT2D eigenvalue weighted by Gasteiger charge is -2.20. The van der Waals surface area contributed by atoms with Gasteiger partial charge in [0.2, 0.25) is 0 Å². The van der Waals surface area contributed by atoms with Gasteiger partial charge in [0.05, 0.1) is 11.1 Å². The maximum atomic E-state index is 14.2. The van der Waals surface area contributed by atoms with E-state index in [-0.39, 0.29) is 16.9 Å². The van der Waals surface area contributed by atoms with Crippen molar-refractivity contribution in [3.63, 3.8) is 0 Å². The van der Waals surface area contributed by atoms with E-state index in [2.05, 4.69) is 5.32 Å². The first kappa shape index (κ1) is 14.0. The van der Waals surface area contributed by atoms with Gasteiger partial charge in [0.25, 0.3) is 0 Å². The highest BCUT2D eigenvalue weighted by molar-refractivity contribution is 6.30. The van der Waals surface area contributed by atoms with Crippen LogP contribution < -0.4 is 5.32 Å². The number of nitrogens with one attached hydrogen (secondary N) is 1. The molecule has 19 heavy (non-hydrogen) atoms. The third-order valence-corrected chi connectivity index (χ3v) is 3.40. The highest BCUT2D eigenvalue weighted by Gasteiger charge is 2.18. The summed E-state index contributed by atoms with van der Waals surface area (Å²) >= 11 is 5.87. The monoisotopic (exact) mass is 277 g/mol. The van der Waals surface area contributed by atoms with Crippen LogP contribution in [0.25, 0.3) is 0 Å². The molecule has 2 rings (SSSR count). The van der Waals surface area contributed by atoms with E-state index < -0.39 is 0 Å². The molecular weight excluding hydrogens is 261 g/mol. The van der Waals surface area contributed by atoms with Crippen molar-refractivity contribution >= 4 is 11.6 Å². The molecule has 0 fully saturated rings. The van der Waals surface area contributed by atoms with Crippen LogP contribution in [0.2, 0.25) is 5.02 Å². The van der Waals surface area contributed by atoms with Crippen molar-refractivity contribution in [2.45, 2.75) is 19.9 Å². The summed E-state index contributed by atoms with van der Waals surface area (Å²) < 4.78 is 14.2. The van der Waals surface area contributed by atoms with Crippen LogP contribution in [0.5, 0.6) is 0 Å². The molecule has 0 saturated carbocycles. The highest BCUT2D eigenvalue weighted by Crippen LogP contribution is 2.28. The number of aryl methyl sites for hydroxylation is 1. The molecule has 2 aromatic rings. The largest absolute Gasteiger partial charge is 0.306 e. The Hall–Kier alpha value is -1.38. The summed E-state index contributed by atoms with van der Waals surface area (Å²) in [6.45, 7) is 4.79. The van der Waals surface area contributed by atoms with Gasteiger partial charge in [-0.05, 0) is 25.1 Å². The zero-order valence-electron chi connectivity index (χ0n) is 11.1. The molecule has 100 valence electrons. The fraction of sp³-hybridized carbons (Fsp3) is 0.250. The second kappa shape index (κ2) is 6.18. The van der Waals surface area contributed by atoms with Crippen LogP contribution in [-0.4, -0.2) is 6.54 Å². The van der Waals surface area contributed by atoms with Gasteiger partial charge in [-0.15, -0.1) is 0 Å². The smallest absolute Gasteiger partial charge is 0.146 e. The summed E-state index contributed by atoms with van der Waals surface area (Å²) in [7, 11) is 0. The van der Waals surface area contributed by atoms with E-state index in [0.29, 0.717) is 5.56 Å². The number of hydrogen-bond acceptors (Lipinski definition) is 1. The SMILES string of the molecule is CCNC(c1ccc(C)cc1)c1cccc(Cl)c1F. The molecule has 1 nitrogen and oxygen atoms in total. The zero-order chi connectivity index (χ0) is 13.8. The van der Waals surface area contributed by atoms with Crippen LogP contribution in [0.1, 0.15) is 29.7 Å². The van der Waals surface area contributed by atoms with Gasteiger partial charge >= 0.3 is 0 Å². The molecule has 0 saturated heterocycles. The van der Waals surface area contributed by atoms with Crippen molar-refractivity contribution in [1.82, 2.24) is 5.32 Å². The van der Waals surface area contributed by atoms with Gasteiger partial charge in [0.15, 0.2) is 0 Å². The van der Waals surface area contributed by atoms with Gasteiger partial charge in [-0.3, -0.25) is 0 Å². The first-order valence-electron chi connectivity index (χ1n) is 6.37. The fourth-order valence-electron chi connectivity index (χ4n) is 2.11. The van der Waals surface area contributed by atoms with Crippen molar-refractivity contribution in [3.05, 3.63) is 70.0 Å². The lowest BCUT2D eigenvalue weighted by molar-refractivity contribution is 0.559. The Morgan fingerprint density at radius 1 is 1.16 bits per heavy atom. The molecule has 0 heterocycles. The fourth-order valence-corrected chi connectivity index (χ4v) is 2.30. The molecule has 0 radical (unpaired) electrons. The first-order chi connectivity index (χ1) is 9.13. The van der Waals surface area contributed by atoms with E-state index in [1.807, 2.05) is 38.1 Å². The number of hydrogen-bond donors (Lipinski definition) is 1. The third kappa shape index (κ3) is 3.14. The number of rotatable bonds is 4. The van der Waals surface area contributed by atoms with Crippen LogP contribution in [0.3, 0.4) is 0 Å². The Morgan fingerprint density at radius 2 is 1.84 bits per heavy atom. The Bertz CT molecular complexity index is 551. The van der Waals surface area contributed by atoms with E-state index in [9.17, 15) is 4.39 Å². The van der Waals surface area contributed by atoms with Crippen molar-refractivity contribution in [2.75, 3.05) is 6.54 Å². The zero-order valence-corrected chi connectivity index (χ0v) is 11.8. The van der Waals surface area contributed by atoms with Gasteiger partial charge in [0.1, 0.15) is 5.82 Å². The average Bonchev–Trinajstić information content (AvgIpc) is 2.41. The molecule has 0 spiro atoms. The quantitative estimate of drug-likeness (QED) is 0.868. The van der Waals surface area contributed by atoms with E-state index in [0.717, 1.165) is 12.1 Å². The molecule has 0 aliphatic rings. The summed E-state index contributed by atoms with van der Waals surface area (Å²) in [5.41, 5.74) is 2.80. The van der Waals surface area contributed by atoms with Crippen LogP contribution in [0.15, 0.2) is 42.5 Å². The molecule has 0 aliphatic heterocycles. The minimum Gasteiger partial charge on any atom is -0.306 e. The minimum atomic E-state index is -0.351. The topological polar surface area (TPSA) is 12.0 Å². The Kier molecular flexibility index (Phi) is 4.56. The predicted octanol–water partition coefficient (Wildman–Crippen LogP) is 4.49. The number of benzene rings is 2. The van der Waals surface area contributed by atoms with E-state index in [1.165, 1.54) is 5.56 Å². The summed E-state index contributed by atoms with van der Waals surface area (Å²) in [6, 6.07) is 13.0. The molecular formula is C16H17ClFN. The second-order valence-electron chi connectivity index (χ2n) is 4.54. The standard InChI is InChI=1S/C16H17ClFN/c1-3-19-16(12-9-7-11(2)8-10-12)13-5-4-6-14(17)15(13)18/h4-10,16,19H,3H2,1-2H3. The molecule has 0 aliphatic carbocycles. The van der Waals surface area contributed by atoms with Crippen LogP contribution in [0.4, 0.5) is 4.39 Å². The summed E-state index contributed by atoms with van der Waals surface area (Å²) in [4.78, 5) is 0. The molecule has 0 amide bonds. The van der Waals surface area contributed by atoms with Crippen LogP contribution in [0, 0.1) is 12.7 Å². The summed E-state index contributed by atoms with van der Waals surface area (Å²) in [6.07, 6.45) is 0. The van der Waals surface area contributed by atoms with Gasteiger partial charge in [0, 0.05) is 5.56 Å². The summed E-state index contributed by atoms with van der Waals surface area (Å²) in [5.74, 6) is -0.351. The Morgan fingerprint density at radius 3 is 2.47 bits per heavy atom. The molecule has 1 unspecified atom stereocenters. The van der Waals surface area contributed by atoms with Crippen LogP contribution >= 0.6 is 11.6 Å². The maximum Gasteiger partial charge on any atom is 0.146 e. The lowest BCUT2D eigenvalue weighted by Crippen LogP contribution is -2.23. The van der Waals surface area contributed by atoms with Crippen molar-refractivity contribution in [2.24, 2.45) is 0 Å². The normalized spacial score (nSPS) is 12.4. The van der Waals surface area contributed by atoms with E-state index >= 15 is 0 Å². The maximum absolute atomic E-state index is 14.2. The Labute approximate surface area is 118 Å². The molecule has 1 N–H and O–H groups in total. The number of halogens is 2. The van der Waals surface area contributed by atoms with Crippen molar-refractivity contribution in [3.8, 4) is 0 Å². The van der Waals surface area contributed by atoms with E-state index in [1.54, 1.807) is 18.2 Å². The molecule has 0 aromatic heterocycles. The van der Waals surface area contributed by atoms with Crippen LogP contribution in [-0.2, 0) is 0 Å². The lowest BCUT2D eigenvalue weighted by atomic mass is 9.97. The first-order valence-corrected chi connectivity index (χ1v) is 6.75. The van der Waals surface area contributed by atoms with Crippen molar-refractivity contribution < 1.29 is 4.39 Å². The van der Waals surface area contributed by atoms with Gasteiger partial charge in [-0.1, -0.05) is 60.5 Å². The van der Waals surface area contributed by atoms with Gasteiger partial charge in [-0.25, -0.2) is 4.39 Å². The minimum absolute atomic E-state index is 0.160. The molecule has 1 atom stereocenters. The Balaban J connectivity index is 2.45. The average molecular weight is 278 g/mol. The van der Waals surface area contributed by atoms with E-state index in [4.69, 9.17) is 11.6 Å². The second-order valence-corrected chi connectivity index (χ2v) is 4.95. The third-order valence-electron chi connectivity index (χ3n) is 3.11. The molecule has 3 heteroatoms. The predicted molar refractivity (Wildman–Crippen MR) is 78.1 cm³/mol. The van der Waals surface area contributed by atoms with Gasteiger partial charge in [-0.2, -0.15) is 0 Å². The molecule has 0 bridgehead atoms. The molecule has 2 aromatic carbocycles. The highest BCUT2D eigenvalue weighted by atomic mass is 35.5.